The third-order valence-electron chi connectivity index (χ3n) is 3.68. The molecule has 22 heavy (non-hydrogen) atoms. The van der Waals surface area contributed by atoms with Gasteiger partial charge in [0.05, 0.1) is 12.5 Å². The molecule has 0 radical (unpaired) electrons. The van der Waals surface area contributed by atoms with Crippen LogP contribution >= 0.6 is 0 Å². The van der Waals surface area contributed by atoms with Crippen molar-refractivity contribution in [1.82, 2.24) is 5.32 Å². The van der Waals surface area contributed by atoms with Gasteiger partial charge in [0.2, 0.25) is 5.91 Å². The van der Waals surface area contributed by atoms with Crippen molar-refractivity contribution in [2.75, 3.05) is 25.1 Å². The van der Waals surface area contributed by atoms with Crippen LogP contribution in [0.3, 0.4) is 0 Å². The van der Waals surface area contributed by atoms with Crippen LogP contribution in [0.5, 0.6) is 0 Å². The van der Waals surface area contributed by atoms with Crippen LogP contribution in [0.25, 0.3) is 0 Å². The smallest absolute Gasteiger partial charge is 0.225 e. The van der Waals surface area contributed by atoms with Crippen molar-refractivity contribution >= 4 is 11.6 Å². The van der Waals surface area contributed by atoms with Crippen LogP contribution in [-0.2, 0) is 16.0 Å². The summed E-state index contributed by atoms with van der Waals surface area (Å²) in [5, 5.41) is 6.41. The Hall–Kier alpha value is -1.55. The van der Waals surface area contributed by atoms with E-state index in [1.807, 2.05) is 13.8 Å². The summed E-state index contributed by atoms with van der Waals surface area (Å²) in [6.45, 7) is 10.1. The highest BCUT2D eigenvalue weighted by Crippen LogP contribution is 2.12. The van der Waals surface area contributed by atoms with Crippen molar-refractivity contribution < 1.29 is 9.53 Å². The van der Waals surface area contributed by atoms with E-state index in [1.165, 1.54) is 5.56 Å². The summed E-state index contributed by atoms with van der Waals surface area (Å²) in [5.74, 6) is -0.0327. The van der Waals surface area contributed by atoms with E-state index in [9.17, 15) is 4.79 Å². The Kier molecular flexibility index (Phi) is 8.60. The molecule has 0 saturated carbocycles. The van der Waals surface area contributed by atoms with Gasteiger partial charge >= 0.3 is 0 Å². The first-order valence-electron chi connectivity index (χ1n) is 8.31. The van der Waals surface area contributed by atoms with Crippen LogP contribution in [0.1, 0.15) is 39.7 Å². The lowest BCUT2D eigenvalue weighted by molar-refractivity contribution is -0.127. The summed E-state index contributed by atoms with van der Waals surface area (Å²) >= 11 is 0. The molecule has 0 spiro atoms. The predicted molar refractivity (Wildman–Crippen MR) is 92.2 cm³/mol. The number of nitrogens with one attached hydrogen (secondary N) is 2. The second-order valence-electron chi connectivity index (χ2n) is 5.61. The van der Waals surface area contributed by atoms with Gasteiger partial charge in [0.1, 0.15) is 0 Å². The Morgan fingerprint density at radius 3 is 2.41 bits per heavy atom. The summed E-state index contributed by atoms with van der Waals surface area (Å²) in [7, 11) is 0. The molecule has 0 aromatic heterocycles. The standard InChI is InChI=1S/C18H30N2O2/c1-5-16(20-18(21)14(4)13-22-7-3)12-15-8-10-17(11-9-15)19-6-2/h8-11,14,16,19H,5-7,12-13H2,1-4H3,(H,20,21)/t14-,16+/m0/s1. The van der Waals surface area contributed by atoms with Gasteiger partial charge in [-0.05, 0) is 44.4 Å². The van der Waals surface area contributed by atoms with Gasteiger partial charge in [-0.3, -0.25) is 4.79 Å². The van der Waals surface area contributed by atoms with Crippen molar-refractivity contribution in [2.45, 2.75) is 46.6 Å². The average molecular weight is 306 g/mol. The Balaban J connectivity index is 2.51. The zero-order chi connectivity index (χ0) is 16.4. The number of benzene rings is 1. The Labute approximate surface area is 134 Å². The minimum absolute atomic E-state index is 0.0737. The third-order valence-corrected chi connectivity index (χ3v) is 3.68. The van der Waals surface area contributed by atoms with E-state index in [-0.39, 0.29) is 17.9 Å². The normalized spacial score (nSPS) is 13.5. The van der Waals surface area contributed by atoms with E-state index in [2.05, 4.69) is 48.7 Å². The SMILES string of the molecule is CCNc1ccc(C[C@@H](CC)NC(=O)[C@@H](C)COCC)cc1. The Morgan fingerprint density at radius 1 is 1.18 bits per heavy atom. The zero-order valence-electron chi connectivity index (χ0n) is 14.3. The molecule has 124 valence electrons. The van der Waals surface area contributed by atoms with Gasteiger partial charge in [0.15, 0.2) is 0 Å². The van der Waals surface area contributed by atoms with Crippen LogP contribution in [0, 0.1) is 5.92 Å². The largest absolute Gasteiger partial charge is 0.385 e. The zero-order valence-corrected chi connectivity index (χ0v) is 14.3. The molecule has 2 N–H and O–H groups in total. The van der Waals surface area contributed by atoms with E-state index in [1.54, 1.807) is 0 Å². The van der Waals surface area contributed by atoms with Crippen molar-refractivity contribution in [1.29, 1.82) is 0 Å². The lowest BCUT2D eigenvalue weighted by Gasteiger charge is -2.20. The van der Waals surface area contributed by atoms with Crippen molar-refractivity contribution in [3.63, 3.8) is 0 Å². The molecular formula is C18H30N2O2. The highest BCUT2D eigenvalue weighted by atomic mass is 16.5. The number of rotatable bonds is 10. The molecule has 0 aliphatic carbocycles. The number of hydrogen-bond acceptors (Lipinski definition) is 3. The van der Waals surface area contributed by atoms with E-state index in [4.69, 9.17) is 4.74 Å². The fourth-order valence-corrected chi connectivity index (χ4v) is 2.26. The van der Waals surface area contributed by atoms with Gasteiger partial charge in [-0.2, -0.15) is 0 Å². The molecule has 0 aliphatic rings. The number of amides is 1. The fraction of sp³-hybridized carbons (Fsp3) is 0.611. The number of ether oxygens (including phenoxy) is 1. The molecule has 0 heterocycles. The molecule has 1 rings (SSSR count). The quantitative estimate of drug-likeness (QED) is 0.698. The van der Waals surface area contributed by atoms with Crippen molar-refractivity contribution in [3.05, 3.63) is 29.8 Å². The first-order chi connectivity index (χ1) is 10.6. The van der Waals surface area contributed by atoms with Crippen LogP contribution in [0.4, 0.5) is 5.69 Å². The van der Waals surface area contributed by atoms with E-state index >= 15 is 0 Å². The molecule has 4 nitrogen and oxygen atoms in total. The fourth-order valence-electron chi connectivity index (χ4n) is 2.26. The maximum absolute atomic E-state index is 12.1. The molecule has 1 aromatic carbocycles. The molecule has 0 bridgehead atoms. The van der Waals surface area contributed by atoms with Gasteiger partial charge in [0.25, 0.3) is 0 Å². The maximum Gasteiger partial charge on any atom is 0.225 e. The number of hydrogen-bond donors (Lipinski definition) is 2. The van der Waals surface area contributed by atoms with Gasteiger partial charge in [0, 0.05) is 24.9 Å². The van der Waals surface area contributed by atoms with Gasteiger partial charge < -0.3 is 15.4 Å². The number of anilines is 1. The first kappa shape index (κ1) is 18.5. The average Bonchev–Trinajstić information content (AvgIpc) is 2.53. The number of carbonyl (C=O) groups excluding carboxylic acids is 1. The summed E-state index contributed by atoms with van der Waals surface area (Å²) < 4.78 is 5.32. The summed E-state index contributed by atoms with van der Waals surface area (Å²) in [6.07, 6.45) is 1.78. The summed E-state index contributed by atoms with van der Waals surface area (Å²) in [5.41, 5.74) is 2.37. The van der Waals surface area contributed by atoms with Crippen LogP contribution in [0.15, 0.2) is 24.3 Å². The lowest BCUT2D eigenvalue weighted by Crippen LogP contribution is -2.40. The number of carbonyl (C=O) groups is 1. The second-order valence-corrected chi connectivity index (χ2v) is 5.61. The van der Waals surface area contributed by atoms with Crippen molar-refractivity contribution in [3.8, 4) is 0 Å². The van der Waals surface area contributed by atoms with Crippen LogP contribution < -0.4 is 10.6 Å². The molecule has 2 atom stereocenters. The van der Waals surface area contributed by atoms with Gasteiger partial charge in [-0.25, -0.2) is 0 Å². The summed E-state index contributed by atoms with van der Waals surface area (Å²) in [4.78, 5) is 12.1. The van der Waals surface area contributed by atoms with Gasteiger partial charge in [-0.1, -0.05) is 26.0 Å². The van der Waals surface area contributed by atoms with E-state index in [0.717, 1.165) is 25.1 Å². The van der Waals surface area contributed by atoms with Crippen molar-refractivity contribution in [2.24, 2.45) is 5.92 Å². The lowest BCUT2D eigenvalue weighted by atomic mass is 10.0. The Bertz CT molecular complexity index is 431. The molecule has 1 amide bonds. The highest BCUT2D eigenvalue weighted by Gasteiger charge is 2.17. The topological polar surface area (TPSA) is 50.4 Å². The van der Waals surface area contributed by atoms with Crippen LogP contribution in [-0.4, -0.2) is 31.7 Å². The minimum atomic E-state index is -0.106. The third kappa shape index (κ3) is 6.48. The Morgan fingerprint density at radius 2 is 1.86 bits per heavy atom. The molecule has 0 fully saturated rings. The molecule has 1 aromatic rings. The molecule has 0 unspecified atom stereocenters. The van der Waals surface area contributed by atoms with E-state index < -0.39 is 0 Å². The highest BCUT2D eigenvalue weighted by molar-refractivity contribution is 5.78. The molecule has 0 aliphatic heterocycles. The predicted octanol–water partition coefficient (Wildman–Crippen LogP) is 3.23. The van der Waals surface area contributed by atoms with E-state index in [0.29, 0.717) is 13.2 Å². The van der Waals surface area contributed by atoms with Gasteiger partial charge in [-0.15, -0.1) is 0 Å². The molecule has 4 heteroatoms. The second kappa shape index (κ2) is 10.2. The monoisotopic (exact) mass is 306 g/mol. The molecule has 0 saturated heterocycles. The first-order valence-corrected chi connectivity index (χ1v) is 8.31. The molecular weight excluding hydrogens is 276 g/mol. The maximum atomic E-state index is 12.1. The van der Waals surface area contributed by atoms with Crippen LogP contribution in [0.2, 0.25) is 0 Å². The summed E-state index contributed by atoms with van der Waals surface area (Å²) in [6, 6.07) is 8.59. The minimum Gasteiger partial charge on any atom is -0.385 e.